The molecule has 3 nitrogen and oxygen atoms in total. The fraction of sp³-hybridized carbons (Fsp3) is 0.200. The molecular formula is C15H13ClN2OS. The Bertz CT molecular complexity index is 798. The molecule has 0 amide bonds. The van der Waals surface area contributed by atoms with Gasteiger partial charge < -0.3 is 4.74 Å². The van der Waals surface area contributed by atoms with E-state index in [0.717, 1.165) is 32.7 Å². The molecule has 3 rings (SSSR count). The van der Waals surface area contributed by atoms with Crippen LogP contribution in [0.25, 0.3) is 21.3 Å². The van der Waals surface area contributed by atoms with E-state index in [9.17, 15) is 0 Å². The SMILES string of the molecule is COc1ccc(-c2c(C)sc3c(Cl)ncnc23)cc1C. The van der Waals surface area contributed by atoms with E-state index in [1.165, 1.54) is 11.2 Å². The first-order valence-electron chi connectivity index (χ1n) is 6.16. The third-order valence-electron chi connectivity index (χ3n) is 3.29. The molecule has 102 valence electrons. The van der Waals surface area contributed by atoms with Crippen molar-refractivity contribution in [1.82, 2.24) is 9.97 Å². The van der Waals surface area contributed by atoms with Gasteiger partial charge in [0.2, 0.25) is 0 Å². The van der Waals surface area contributed by atoms with Gasteiger partial charge >= 0.3 is 0 Å². The third kappa shape index (κ3) is 2.05. The summed E-state index contributed by atoms with van der Waals surface area (Å²) in [5.41, 5.74) is 4.27. The number of hydrogen-bond donors (Lipinski definition) is 0. The Labute approximate surface area is 126 Å². The second-order valence-electron chi connectivity index (χ2n) is 4.56. The topological polar surface area (TPSA) is 35.0 Å². The van der Waals surface area contributed by atoms with E-state index in [2.05, 4.69) is 29.0 Å². The third-order valence-corrected chi connectivity index (χ3v) is 4.79. The van der Waals surface area contributed by atoms with Crippen LogP contribution in [0.3, 0.4) is 0 Å². The van der Waals surface area contributed by atoms with E-state index in [0.29, 0.717) is 5.15 Å². The van der Waals surface area contributed by atoms with Crippen LogP contribution in [-0.2, 0) is 0 Å². The van der Waals surface area contributed by atoms with E-state index in [1.54, 1.807) is 18.4 Å². The Morgan fingerprint density at radius 1 is 1.20 bits per heavy atom. The number of thiophene rings is 1. The van der Waals surface area contributed by atoms with Crippen molar-refractivity contribution in [1.29, 1.82) is 0 Å². The lowest BCUT2D eigenvalue weighted by Gasteiger charge is -2.07. The Kier molecular flexibility index (Phi) is 3.36. The van der Waals surface area contributed by atoms with Crippen molar-refractivity contribution in [3.8, 4) is 16.9 Å². The first kappa shape index (κ1) is 13.3. The van der Waals surface area contributed by atoms with Gasteiger partial charge in [0.15, 0.2) is 0 Å². The monoisotopic (exact) mass is 304 g/mol. The summed E-state index contributed by atoms with van der Waals surface area (Å²) in [6.07, 6.45) is 1.51. The summed E-state index contributed by atoms with van der Waals surface area (Å²) in [7, 11) is 1.68. The van der Waals surface area contributed by atoms with Gasteiger partial charge in [0, 0.05) is 10.4 Å². The van der Waals surface area contributed by atoms with Crippen molar-refractivity contribution in [2.75, 3.05) is 7.11 Å². The predicted octanol–water partition coefficient (Wildman–Crippen LogP) is 4.64. The zero-order valence-electron chi connectivity index (χ0n) is 11.4. The van der Waals surface area contributed by atoms with E-state index >= 15 is 0 Å². The minimum Gasteiger partial charge on any atom is -0.496 e. The molecule has 0 N–H and O–H groups in total. The number of benzene rings is 1. The van der Waals surface area contributed by atoms with Crippen molar-refractivity contribution in [3.05, 3.63) is 40.1 Å². The minimum absolute atomic E-state index is 0.514. The lowest BCUT2D eigenvalue weighted by atomic mass is 10.0. The van der Waals surface area contributed by atoms with Crippen LogP contribution in [0.1, 0.15) is 10.4 Å². The number of hydrogen-bond acceptors (Lipinski definition) is 4. The maximum atomic E-state index is 6.15. The normalized spacial score (nSPS) is 11.0. The molecule has 0 radical (unpaired) electrons. The van der Waals surface area contributed by atoms with Gasteiger partial charge in [-0.05, 0) is 37.1 Å². The molecular weight excluding hydrogens is 292 g/mol. The molecule has 3 aromatic rings. The maximum Gasteiger partial charge on any atom is 0.150 e. The van der Waals surface area contributed by atoms with Crippen LogP contribution >= 0.6 is 22.9 Å². The van der Waals surface area contributed by atoms with Gasteiger partial charge in [0.1, 0.15) is 17.2 Å². The molecule has 2 heterocycles. The molecule has 0 fully saturated rings. The maximum absolute atomic E-state index is 6.15. The molecule has 0 unspecified atom stereocenters. The van der Waals surface area contributed by atoms with Gasteiger partial charge in [-0.15, -0.1) is 11.3 Å². The van der Waals surface area contributed by atoms with Crippen LogP contribution in [0.4, 0.5) is 0 Å². The van der Waals surface area contributed by atoms with Crippen LogP contribution in [0.15, 0.2) is 24.5 Å². The highest BCUT2D eigenvalue weighted by molar-refractivity contribution is 7.20. The smallest absolute Gasteiger partial charge is 0.150 e. The summed E-state index contributed by atoms with van der Waals surface area (Å²) >= 11 is 7.78. The fourth-order valence-electron chi connectivity index (χ4n) is 2.37. The Hall–Kier alpha value is -1.65. The van der Waals surface area contributed by atoms with Gasteiger partial charge in [-0.25, -0.2) is 9.97 Å². The molecule has 0 bridgehead atoms. The quantitative estimate of drug-likeness (QED) is 0.647. The fourth-order valence-corrected chi connectivity index (χ4v) is 3.63. The Morgan fingerprint density at radius 2 is 2.00 bits per heavy atom. The van der Waals surface area contributed by atoms with Gasteiger partial charge in [-0.3, -0.25) is 0 Å². The number of halogens is 1. The molecule has 0 aliphatic rings. The highest BCUT2D eigenvalue weighted by atomic mass is 35.5. The average Bonchev–Trinajstić information content (AvgIpc) is 2.76. The van der Waals surface area contributed by atoms with Crippen molar-refractivity contribution >= 4 is 33.2 Å². The highest BCUT2D eigenvalue weighted by Gasteiger charge is 2.15. The molecule has 0 aliphatic heterocycles. The largest absolute Gasteiger partial charge is 0.496 e. The second-order valence-corrected chi connectivity index (χ2v) is 6.14. The zero-order valence-corrected chi connectivity index (χ0v) is 13.0. The summed E-state index contributed by atoms with van der Waals surface area (Å²) in [4.78, 5) is 9.63. The first-order chi connectivity index (χ1) is 9.61. The standard InChI is InChI=1S/C15H13ClN2OS/c1-8-6-10(4-5-11(8)19-3)12-9(2)20-14-13(12)17-7-18-15(14)16/h4-7H,1-3H3. The van der Waals surface area contributed by atoms with Gasteiger partial charge in [-0.1, -0.05) is 17.7 Å². The number of methoxy groups -OCH3 is 1. The van der Waals surface area contributed by atoms with E-state index in [1.807, 2.05) is 13.0 Å². The molecule has 1 aromatic carbocycles. The van der Waals surface area contributed by atoms with Gasteiger partial charge in [0.25, 0.3) is 0 Å². The second kappa shape index (κ2) is 5.04. The molecule has 20 heavy (non-hydrogen) atoms. The van der Waals surface area contributed by atoms with Crippen molar-refractivity contribution < 1.29 is 4.74 Å². The summed E-state index contributed by atoms with van der Waals surface area (Å²) in [5.74, 6) is 0.888. The molecule has 0 saturated carbocycles. The van der Waals surface area contributed by atoms with Crippen LogP contribution in [0.2, 0.25) is 5.15 Å². The van der Waals surface area contributed by atoms with Crippen molar-refractivity contribution in [3.63, 3.8) is 0 Å². The number of nitrogens with zero attached hydrogens (tertiary/aromatic N) is 2. The predicted molar refractivity (Wildman–Crippen MR) is 83.9 cm³/mol. The van der Waals surface area contributed by atoms with Gasteiger partial charge in [0.05, 0.1) is 17.3 Å². The first-order valence-corrected chi connectivity index (χ1v) is 7.36. The minimum atomic E-state index is 0.514. The molecule has 2 aromatic heterocycles. The number of aryl methyl sites for hydroxylation is 2. The van der Waals surface area contributed by atoms with Crippen LogP contribution < -0.4 is 4.74 Å². The van der Waals surface area contributed by atoms with Crippen molar-refractivity contribution in [2.45, 2.75) is 13.8 Å². The summed E-state index contributed by atoms with van der Waals surface area (Å²) in [6, 6.07) is 6.15. The number of aromatic nitrogens is 2. The number of rotatable bonds is 2. The molecule has 5 heteroatoms. The van der Waals surface area contributed by atoms with Crippen molar-refractivity contribution in [2.24, 2.45) is 0 Å². The molecule has 0 atom stereocenters. The molecule has 0 spiro atoms. The summed E-state index contributed by atoms with van der Waals surface area (Å²) in [5, 5.41) is 0.514. The Morgan fingerprint density at radius 3 is 2.70 bits per heavy atom. The summed E-state index contributed by atoms with van der Waals surface area (Å²) < 4.78 is 6.25. The van der Waals surface area contributed by atoms with Crippen LogP contribution in [0.5, 0.6) is 5.75 Å². The number of ether oxygens (including phenoxy) is 1. The van der Waals surface area contributed by atoms with E-state index in [4.69, 9.17) is 16.3 Å². The zero-order chi connectivity index (χ0) is 14.3. The Balaban J connectivity index is 2.27. The summed E-state index contributed by atoms with van der Waals surface area (Å²) in [6.45, 7) is 4.12. The lowest BCUT2D eigenvalue weighted by Crippen LogP contribution is -1.89. The van der Waals surface area contributed by atoms with Gasteiger partial charge in [-0.2, -0.15) is 0 Å². The molecule has 0 saturated heterocycles. The van der Waals surface area contributed by atoms with Crippen LogP contribution in [0, 0.1) is 13.8 Å². The lowest BCUT2D eigenvalue weighted by molar-refractivity contribution is 0.412. The molecule has 0 aliphatic carbocycles. The average molecular weight is 305 g/mol. The highest BCUT2D eigenvalue weighted by Crippen LogP contribution is 2.40. The number of fused-ring (bicyclic) bond motifs is 1. The van der Waals surface area contributed by atoms with Crippen LogP contribution in [-0.4, -0.2) is 17.1 Å². The van der Waals surface area contributed by atoms with E-state index < -0.39 is 0 Å². The van der Waals surface area contributed by atoms with E-state index in [-0.39, 0.29) is 0 Å².